The predicted molar refractivity (Wildman–Crippen MR) is 78.5 cm³/mol. The van der Waals surface area contributed by atoms with Gasteiger partial charge in [-0.2, -0.15) is 0 Å². The fourth-order valence-corrected chi connectivity index (χ4v) is 3.42. The lowest BCUT2D eigenvalue weighted by atomic mass is 9.99. The van der Waals surface area contributed by atoms with Crippen molar-refractivity contribution < 1.29 is 4.42 Å². The molecule has 0 fully saturated rings. The van der Waals surface area contributed by atoms with Gasteiger partial charge in [-0.1, -0.05) is 29.8 Å². The topological polar surface area (TPSA) is 25.2 Å². The molecule has 17 heavy (non-hydrogen) atoms. The Labute approximate surface area is 118 Å². The van der Waals surface area contributed by atoms with Gasteiger partial charge in [0.2, 0.25) is 0 Å². The van der Waals surface area contributed by atoms with Crippen molar-refractivity contribution in [3.8, 4) is 0 Å². The Balaban J connectivity index is 2.75. The van der Waals surface area contributed by atoms with E-state index in [0.29, 0.717) is 5.92 Å². The first-order chi connectivity index (χ1) is 8.04. The summed E-state index contributed by atoms with van der Waals surface area (Å²) in [4.78, 5) is 0. The van der Waals surface area contributed by atoms with E-state index in [4.69, 9.17) is 4.42 Å². The first-order valence-corrected chi connectivity index (χ1v) is 7.18. The van der Waals surface area contributed by atoms with Crippen molar-refractivity contribution >= 4 is 42.8 Å². The van der Waals surface area contributed by atoms with E-state index in [-0.39, 0.29) is 0 Å². The molecule has 0 bridgehead atoms. The van der Waals surface area contributed by atoms with Gasteiger partial charge in [0.1, 0.15) is 11.3 Å². The third-order valence-corrected chi connectivity index (χ3v) is 3.79. The minimum atomic E-state index is 0.445. The highest BCUT2D eigenvalue weighted by atomic mass is 79.9. The third kappa shape index (κ3) is 2.44. The zero-order chi connectivity index (χ0) is 12.6. The number of rotatable bonds is 3. The molecule has 92 valence electrons. The summed E-state index contributed by atoms with van der Waals surface area (Å²) in [6.45, 7) is 5.14. The second kappa shape index (κ2) is 5.12. The van der Waals surface area contributed by atoms with Gasteiger partial charge in [0.05, 0.1) is 11.0 Å². The number of fused-ring (bicyclic) bond motifs is 1. The van der Waals surface area contributed by atoms with Crippen LogP contribution in [0.1, 0.15) is 31.1 Å². The van der Waals surface area contributed by atoms with E-state index >= 15 is 0 Å². The van der Waals surface area contributed by atoms with Crippen LogP contribution in [-0.2, 0) is 6.54 Å². The van der Waals surface area contributed by atoms with Gasteiger partial charge >= 0.3 is 0 Å². The molecule has 1 N–H and O–H groups in total. The minimum Gasteiger partial charge on any atom is -0.458 e. The van der Waals surface area contributed by atoms with Gasteiger partial charge in [0.15, 0.2) is 0 Å². The van der Waals surface area contributed by atoms with E-state index in [1.165, 1.54) is 10.9 Å². The second-order valence-electron chi connectivity index (χ2n) is 4.39. The van der Waals surface area contributed by atoms with Crippen LogP contribution in [0.3, 0.4) is 0 Å². The Kier molecular flexibility index (Phi) is 3.95. The first-order valence-electron chi connectivity index (χ1n) is 5.59. The highest BCUT2D eigenvalue weighted by Crippen LogP contribution is 2.37. The van der Waals surface area contributed by atoms with Crippen LogP contribution in [0.2, 0.25) is 0 Å². The highest BCUT2D eigenvalue weighted by molar-refractivity contribution is 9.11. The van der Waals surface area contributed by atoms with E-state index in [1.807, 2.05) is 13.1 Å². The van der Waals surface area contributed by atoms with Gasteiger partial charge in [-0.05, 0) is 41.0 Å². The van der Waals surface area contributed by atoms with Crippen LogP contribution in [0.4, 0.5) is 0 Å². The predicted octanol–water partition coefficient (Wildman–Crippen LogP) is 4.80. The van der Waals surface area contributed by atoms with Crippen LogP contribution in [-0.4, -0.2) is 7.05 Å². The molecule has 0 amide bonds. The molecule has 2 nitrogen and oxygen atoms in total. The largest absolute Gasteiger partial charge is 0.458 e. The molecule has 0 atom stereocenters. The van der Waals surface area contributed by atoms with Gasteiger partial charge in [-0.25, -0.2) is 0 Å². The van der Waals surface area contributed by atoms with Crippen LogP contribution < -0.4 is 5.32 Å². The summed E-state index contributed by atoms with van der Waals surface area (Å²) >= 11 is 7.08. The average molecular weight is 361 g/mol. The Morgan fingerprint density at radius 2 is 2.00 bits per heavy atom. The monoisotopic (exact) mass is 359 g/mol. The summed E-state index contributed by atoms with van der Waals surface area (Å²) < 4.78 is 8.01. The fourth-order valence-electron chi connectivity index (χ4n) is 2.12. The van der Waals surface area contributed by atoms with Gasteiger partial charge in [0, 0.05) is 15.4 Å². The second-order valence-corrected chi connectivity index (χ2v) is 6.16. The van der Waals surface area contributed by atoms with Crippen molar-refractivity contribution in [2.75, 3.05) is 7.05 Å². The van der Waals surface area contributed by atoms with E-state index < -0.39 is 0 Å². The summed E-state index contributed by atoms with van der Waals surface area (Å²) in [5.41, 5.74) is 2.22. The first kappa shape index (κ1) is 13.1. The lowest BCUT2D eigenvalue weighted by Gasteiger charge is -2.06. The molecule has 0 radical (unpaired) electrons. The van der Waals surface area contributed by atoms with Crippen molar-refractivity contribution in [3.63, 3.8) is 0 Å². The standard InChI is InChI=1S/C13H15Br2NO/c1-7(2)12-9-4-8(14)5-10(15)13(9)17-11(12)6-16-3/h4-5,7,16H,6H2,1-3H3. The SMILES string of the molecule is CNCc1oc2c(Br)cc(Br)cc2c1C(C)C. The van der Waals surface area contributed by atoms with E-state index in [2.05, 4.69) is 57.1 Å². The van der Waals surface area contributed by atoms with Gasteiger partial charge < -0.3 is 9.73 Å². The summed E-state index contributed by atoms with van der Waals surface area (Å²) in [6, 6.07) is 4.14. The lowest BCUT2D eigenvalue weighted by molar-refractivity contribution is 0.519. The van der Waals surface area contributed by atoms with Crippen molar-refractivity contribution in [3.05, 3.63) is 32.4 Å². The molecule has 2 rings (SSSR count). The molecule has 1 aromatic heterocycles. The van der Waals surface area contributed by atoms with Crippen LogP contribution in [0.25, 0.3) is 11.0 Å². The van der Waals surface area contributed by atoms with Gasteiger partial charge in [-0.15, -0.1) is 0 Å². The molecular weight excluding hydrogens is 346 g/mol. The van der Waals surface area contributed by atoms with Crippen molar-refractivity contribution in [2.45, 2.75) is 26.3 Å². The molecule has 0 aliphatic carbocycles. The number of hydrogen-bond donors (Lipinski definition) is 1. The Morgan fingerprint density at radius 3 is 2.59 bits per heavy atom. The average Bonchev–Trinajstić information content (AvgIpc) is 2.57. The van der Waals surface area contributed by atoms with Crippen molar-refractivity contribution in [1.29, 1.82) is 0 Å². The smallest absolute Gasteiger partial charge is 0.148 e. The molecule has 0 aliphatic heterocycles. The molecule has 0 unspecified atom stereocenters. The van der Waals surface area contributed by atoms with E-state index in [9.17, 15) is 0 Å². The number of nitrogens with one attached hydrogen (secondary N) is 1. The summed E-state index contributed by atoms with van der Waals surface area (Å²) in [6.07, 6.45) is 0. The van der Waals surface area contributed by atoms with Crippen molar-refractivity contribution in [2.24, 2.45) is 0 Å². The highest BCUT2D eigenvalue weighted by Gasteiger charge is 2.18. The Bertz CT molecular complexity index is 546. The molecule has 1 aromatic carbocycles. The lowest BCUT2D eigenvalue weighted by Crippen LogP contribution is -2.06. The van der Waals surface area contributed by atoms with E-state index in [0.717, 1.165) is 26.8 Å². The third-order valence-electron chi connectivity index (χ3n) is 2.74. The van der Waals surface area contributed by atoms with Crippen LogP contribution >= 0.6 is 31.9 Å². The molecule has 2 aromatic rings. The Hall–Kier alpha value is -0.320. The number of halogens is 2. The fraction of sp³-hybridized carbons (Fsp3) is 0.385. The molecule has 1 heterocycles. The number of hydrogen-bond acceptors (Lipinski definition) is 2. The maximum Gasteiger partial charge on any atom is 0.148 e. The minimum absolute atomic E-state index is 0.445. The maximum absolute atomic E-state index is 5.96. The molecule has 0 spiro atoms. The number of benzene rings is 1. The van der Waals surface area contributed by atoms with E-state index in [1.54, 1.807) is 0 Å². The molecule has 4 heteroatoms. The van der Waals surface area contributed by atoms with Crippen LogP contribution in [0.15, 0.2) is 25.5 Å². The Morgan fingerprint density at radius 1 is 1.29 bits per heavy atom. The van der Waals surface area contributed by atoms with Crippen LogP contribution in [0, 0.1) is 0 Å². The zero-order valence-corrected chi connectivity index (χ0v) is 13.3. The van der Waals surface area contributed by atoms with Gasteiger partial charge in [0.25, 0.3) is 0 Å². The molecule has 0 aliphatic rings. The van der Waals surface area contributed by atoms with Crippen LogP contribution in [0.5, 0.6) is 0 Å². The normalized spacial score (nSPS) is 11.6. The summed E-state index contributed by atoms with van der Waals surface area (Å²) in [5.74, 6) is 1.47. The molecular formula is C13H15Br2NO. The maximum atomic E-state index is 5.96. The summed E-state index contributed by atoms with van der Waals surface area (Å²) in [7, 11) is 1.93. The zero-order valence-electron chi connectivity index (χ0n) is 10.1. The summed E-state index contributed by atoms with van der Waals surface area (Å²) in [5, 5.41) is 4.34. The molecule has 0 saturated carbocycles. The van der Waals surface area contributed by atoms with Gasteiger partial charge in [-0.3, -0.25) is 0 Å². The van der Waals surface area contributed by atoms with Crippen molar-refractivity contribution in [1.82, 2.24) is 5.32 Å². The molecule has 0 saturated heterocycles. The number of furan rings is 1. The quantitative estimate of drug-likeness (QED) is 0.850.